The number of allylic oxidation sites excluding steroid dienone is 2. The summed E-state index contributed by atoms with van der Waals surface area (Å²) in [7, 11) is 0. The van der Waals surface area contributed by atoms with E-state index in [1.165, 1.54) is 19.3 Å². The average Bonchev–Trinajstić information content (AvgIpc) is 2.73. The lowest BCUT2D eigenvalue weighted by molar-refractivity contribution is -0.122. The van der Waals surface area contributed by atoms with Crippen molar-refractivity contribution >= 4 is 5.78 Å². The van der Waals surface area contributed by atoms with E-state index in [9.17, 15) is 9.90 Å². The standard InChI is InChI=1S/C16H28O2/c1-3-5-7-8-10-14(17)16-13(9-6-4-2)11-12-15(16)18/h11-14,16-17H,3-10H2,1-2H3/t13-,14-,16-/m0/s1. The van der Waals surface area contributed by atoms with Crippen molar-refractivity contribution in [2.75, 3.05) is 0 Å². The van der Waals surface area contributed by atoms with E-state index in [0.717, 1.165) is 32.1 Å². The van der Waals surface area contributed by atoms with Crippen molar-refractivity contribution in [2.24, 2.45) is 11.8 Å². The van der Waals surface area contributed by atoms with E-state index in [0.29, 0.717) is 0 Å². The van der Waals surface area contributed by atoms with E-state index in [4.69, 9.17) is 0 Å². The van der Waals surface area contributed by atoms with Gasteiger partial charge >= 0.3 is 0 Å². The SMILES string of the molecule is CCCCCC[C@H](O)[C@H]1C(=O)C=C[C@@H]1CCCC. The Hall–Kier alpha value is -0.630. The maximum absolute atomic E-state index is 11.8. The molecule has 1 aliphatic carbocycles. The third-order valence-corrected chi connectivity index (χ3v) is 3.96. The van der Waals surface area contributed by atoms with Crippen LogP contribution in [0.1, 0.15) is 65.2 Å². The number of carbonyl (C=O) groups is 1. The minimum absolute atomic E-state index is 0.138. The summed E-state index contributed by atoms with van der Waals surface area (Å²) in [5, 5.41) is 10.2. The third kappa shape index (κ3) is 4.56. The van der Waals surface area contributed by atoms with Crippen molar-refractivity contribution in [3.8, 4) is 0 Å². The Morgan fingerprint density at radius 2 is 1.89 bits per heavy atom. The Morgan fingerprint density at radius 3 is 2.56 bits per heavy atom. The Bertz CT molecular complexity index is 270. The van der Waals surface area contributed by atoms with Crippen LogP contribution >= 0.6 is 0 Å². The van der Waals surface area contributed by atoms with Crippen LogP contribution in [0.5, 0.6) is 0 Å². The van der Waals surface area contributed by atoms with Crippen LogP contribution in [0.4, 0.5) is 0 Å². The number of unbranched alkanes of at least 4 members (excludes halogenated alkanes) is 4. The van der Waals surface area contributed by atoms with Gasteiger partial charge in [-0.2, -0.15) is 0 Å². The van der Waals surface area contributed by atoms with Crippen molar-refractivity contribution in [1.82, 2.24) is 0 Å². The number of ketones is 1. The third-order valence-electron chi connectivity index (χ3n) is 3.96. The van der Waals surface area contributed by atoms with Gasteiger partial charge in [-0.05, 0) is 24.8 Å². The van der Waals surface area contributed by atoms with Crippen LogP contribution < -0.4 is 0 Å². The van der Waals surface area contributed by atoms with Gasteiger partial charge in [0, 0.05) is 0 Å². The van der Waals surface area contributed by atoms with Gasteiger partial charge in [-0.3, -0.25) is 4.79 Å². The topological polar surface area (TPSA) is 37.3 Å². The molecule has 0 aliphatic heterocycles. The first-order valence-electron chi connectivity index (χ1n) is 7.60. The van der Waals surface area contributed by atoms with E-state index in [2.05, 4.69) is 13.8 Å². The van der Waals surface area contributed by atoms with Crippen LogP contribution in [0.2, 0.25) is 0 Å². The Balaban J connectivity index is 2.38. The number of aliphatic hydroxyl groups is 1. The zero-order valence-corrected chi connectivity index (χ0v) is 11.9. The number of carbonyl (C=O) groups excluding carboxylic acids is 1. The van der Waals surface area contributed by atoms with Gasteiger partial charge < -0.3 is 5.11 Å². The van der Waals surface area contributed by atoms with E-state index in [1.807, 2.05) is 6.08 Å². The van der Waals surface area contributed by atoms with Gasteiger partial charge in [-0.1, -0.05) is 58.4 Å². The second-order valence-electron chi connectivity index (χ2n) is 5.51. The van der Waals surface area contributed by atoms with Crippen LogP contribution in [0.25, 0.3) is 0 Å². The van der Waals surface area contributed by atoms with Gasteiger partial charge in [0.1, 0.15) is 0 Å². The molecule has 1 N–H and O–H groups in total. The van der Waals surface area contributed by atoms with Gasteiger partial charge in [-0.25, -0.2) is 0 Å². The summed E-state index contributed by atoms with van der Waals surface area (Å²) in [5.74, 6) is 0.260. The predicted octanol–water partition coefficient (Wildman–Crippen LogP) is 3.88. The number of hydrogen-bond donors (Lipinski definition) is 1. The molecule has 3 atom stereocenters. The largest absolute Gasteiger partial charge is 0.392 e. The molecule has 104 valence electrons. The molecular weight excluding hydrogens is 224 g/mol. The highest BCUT2D eigenvalue weighted by Crippen LogP contribution is 2.31. The fourth-order valence-electron chi connectivity index (χ4n) is 2.81. The van der Waals surface area contributed by atoms with Crippen LogP contribution in [-0.2, 0) is 4.79 Å². The quantitative estimate of drug-likeness (QED) is 0.632. The predicted molar refractivity (Wildman–Crippen MR) is 75.4 cm³/mol. The summed E-state index contributed by atoms with van der Waals surface area (Å²) < 4.78 is 0. The molecule has 2 heteroatoms. The van der Waals surface area contributed by atoms with E-state index in [-0.39, 0.29) is 17.6 Å². The molecule has 0 unspecified atom stereocenters. The van der Waals surface area contributed by atoms with Crippen LogP contribution in [0.3, 0.4) is 0 Å². The van der Waals surface area contributed by atoms with Crippen molar-refractivity contribution in [3.63, 3.8) is 0 Å². The highest BCUT2D eigenvalue weighted by atomic mass is 16.3. The monoisotopic (exact) mass is 252 g/mol. The number of hydrogen-bond acceptors (Lipinski definition) is 2. The summed E-state index contributed by atoms with van der Waals surface area (Å²) in [4.78, 5) is 11.8. The molecule has 0 aromatic carbocycles. The van der Waals surface area contributed by atoms with Gasteiger partial charge in [0.25, 0.3) is 0 Å². The van der Waals surface area contributed by atoms with E-state index < -0.39 is 6.10 Å². The summed E-state index contributed by atoms with van der Waals surface area (Å²) in [6, 6.07) is 0. The lowest BCUT2D eigenvalue weighted by atomic mass is 9.84. The molecule has 18 heavy (non-hydrogen) atoms. The zero-order chi connectivity index (χ0) is 13.4. The Kier molecular flexibility index (Phi) is 7.26. The molecule has 0 aromatic rings. The molecule has 2 nitrogen and oxygen atoms in total. The summed E-state index contributed by atoms with van der Waals surface area (Å²) >= 11 is 0. The summed E-state index contributed by atoms with van der Waals surface area (Å²) in [5.41, 5.74) is 0. The second-order valence-corrected chi connectivity index (χ2v) is 5.51. The number of aliphatic hydroxyl groups excluding tert-OH is 1. The first-order chi connectivity index (χ1) is 8.70. The molecule has 0 bridgehead atoms. The van der Waals surface area contributed by atoms with Crippen LogP contribution in [-0.4, -0.2) is 17.0 Å². The average molecular weight is 252 g/mol. The maximum atomic E-state index is 11.8. The lowest BCUT2D eigenvalue weighted by Gasteiger charge is -2.23. The lowest BCUT2D eigenvalue weighted by Crippen LogP contribution is -2.30. The molecule has 0 heterocycles. The molecule has 0 amide bonds. The molecule has 0 saturated carbocycles. The zero-order valence-electron chi connectivity index (χ0n) is 11.9. The molecular formula is C16H28O2. The minimum atomic E-state index is -0.439. The fraction of sp³-hybridized carbons (Fsp3) is 0.812. The minimum Gasteiger partial charge on any atom is -0.392 e. The smallest absolute Gasteiger partial charge is 0.161 e. The first kappa shape index (κ1) is 15.4. The highest BCUT2D eigenvalue weighted by molar-refractivity contribution is 5.95. The first-order valence-corrected chi connectivity index (χ1v) is 7.60. The molecule has 0 aromatic heterocycles. The second kappa shape index (κ2) is 8.47. The molecule has 0 saturated heterocycles. The molecule has 0 fully saturated rings. The van der Waals surface area contributed by atoms with Crippen LogP contribution in [0.15, 0.2) is 12.2 Å². The van der Waals surface area contributed by atoms with Crippen molar-refractivity contribution in [2.45, 2.75) is 71.3 Å². The van der Waals surface area contributed by atoms with Crippen LogP contribution in [0, 0.1) is 11.8 Å². The summed E-state index contributed by atoms with van der Waals surface area (Å²) in [6.07, 6.45) is 12.0. The summed E-state index contributed by atoms with van der Waals surface area (Å²) in [6.45, 7) is 4.35. The van der Waals surface area contributed by atoms with Gasteiger partial charge in [-0.15, -0.1) is 0 Å². The molecule has 0 spiro atoms. The van der Waals surface area contributed by atoms with Gasteiger partial charge in [0.15, 0.2) is 5.78 Å². The van der Waals surface area contributed by atoms with Gasteiger partial charge in [0.2, 0.25) is 0 Å². The number of rotatable bonds is 9. The fourth-order valence-corrected chi connectivity index (χ4v) is 2.81. The maximum Gasteiger partial charge on any atom is 0.161 e. The molecule has 0 radical (unpaired) electrons. The van der Waals surface area contributed by atoms with Crippen molar-refractivity contribution in [1.29, 1.82) is 0 Å². The molecule has 1 rings (SSSR count). The van der Waals surface area contributed by atoms with Crippen molar-refractivity contribution < 1.29 is 9.90 Å². The Morgan fingerprint density at radius 1 is 1.17 bits per heavy atom. The normalized spacial score (nSPS) is 24.7. The van der Waals surface area contributed by atoms with E-state index >= 15 is 0 Å². The van der Waals surface area contributed by atoms with E-state index in [1.54, 1.807) is 6.08 Å². The molecule has 1 aliphatic rings. The Labute approximate surface area is 111 Å². The highest BCUT2D eigenvalue weighted by Gasteiger charge is 2.34. The van der Waals surface area contributed by atoms with Crippen molar-refractivity contribution in [3.05, 3.63) is 12.2 Å². The van der Waals surface area contributed by atoms with Gasteiger partial charge in [0.05, 0.1) is 12.0 Å².